The first-order valence-electron chi connectivity index (χ1n) is 8.69. The number of nitrogens with zero attached hydrogens (tertiary/aromatic N) is 3. The molecule has 1 aliphatic rings. The molecule has 7 heteroatoms. The van der Waals surface area contributed by atoms with E-state index in [1.54, 1.807) is 17.0 Å². The van der Waals surface area contributed by atoms with Crippen LogP contribution < -0.4 is 5.32 Å². The Morgan fingerprint density at radius 2 is 1.96 bits per heavy atom. The van der Waals surface area contributed by atoms with Gasteiger partial charge >= 0.3 is 0 Å². The molecular weight excluding hydrogens is 335 g/mol. The predicted molar refractivity (Wildman–Crippen MR) is 94.0 cm³/mol. The van der Waals surface area contributed by atoms with E-state index in [4.69, 9.17) is 0 Å². The zero-order chi connectivity index (χ0) is 18.5. The summed E-state index contributed by atoms with van der Waals surface area (Å²) in [6.07, 6.45) is 4.65. The molecule has 136 valence electrons. The highest BCUT2D eigenvalue weighted by molar-refractivity contribution is 5.94. The molecule has 0 radical (unpaired) electrons. The molecule has 1 aromatic carbocycles. The molecule has 1 atom stereocenters. The SMILES string of the molecule is CCc1ncc(C(=O)NC2CC(=O)N(CCc3ccc(F)cc3)C2)cn1. The van der Waals surface area contributed by atoms with E-state index in [1.165, 1.54) is 24.5 Å². The van der Waals surface area contributed by atoms with Crippen molar-refractivity contribution in [2.75, 3.05) is 13.1 Å². The molecule has 1 N–H and O–H groups in total. The highest BCUT2D eigenvalue weighted by Crippen LogP contribution is 2.13. The lowest BCUT2D eigenvalue weighted by Gasteiger charge is -2.17. The molecule has 2 aromatic rings. The number of carbonyl (C=O) groups excluding carboxylic acids is 2. The Morgan fingerprint density at radius 1 is 1.27 bits per heavy atom. The molecule has 0 saturated carbocycles. The van der Waals surface area contributed by atoms with Crippen molar-refractivity contribution in [3.8, 4) is 0 Å². The molecule has 1 saturated heterocycles. The second-order valence-corrected chi connectivity index (χ2v) is 6.33. The van der Waals surface area contributed by atoms with Crippen LogP contribution in [0.1, 0.15) is 35.1 Å². The number of likely N-dealkylation sites (tertiary alicyclic amines) is 1. The van der Waals surface area contributed by atoms with Gasteiger partial charge < -0.3 is 10.2 Å². The number of hydrogen-bond donors (Lipinski definition) is 1. The lowest BCUT2D eigenvalue weighted by atomic mass is 10.1. The van der Waals surface area contributed by atoms with E-state index < -0.39 is 0 Å². The van der Waals surface area contributed by atoms with Crippen LogP contribution in [-0.2, 0) is 17.6 Å². The smallest absolute Gasteiger partial charge is 0.254 e. The Balaban J connectivity index is 1.51. The Kier molecular flexibility index (Phi) is 5.55. The summed E-state index contributed by atoms with van der Waals surface area (Å²) in [6, 6.07) is 6.03. The van der Waals surface area contributed by atoms with Crippen LogP contribution in [0.15, 0.2) is 36.7 Å². The number of hydrogen-bond acceptors (Lipinski definition) is 4. The van der Waals surface area contributed by atoms with Gasteiger partial charge in [0.15, 0.2) is 0 Å². The topological polar surface area (TPSA) is 75.2 Å². The van der Waals surface area contributed by atoms with Gasteiger partial charge in [0.25, 0.3) is 5.91 Å². The van der Waals surface area contributed by atoms with Crippen molar-refractivity contribution >= 4 is 11.8 Å². The van der Waals surface area contributed by atoms with Crippen LogP contribution in [0.4, 0.5) is 4.39 Å². The average Bonchev–Trinajstić information content (AvgIpc) is 3.00. The van der Waals surface area contributed by atoms with Gasteiger partial charge in [0.1, 0.15) is 11.6 Å². The maximum Gasteiger partial charge on any atom is 0.254 e. The molecule has 2 heterocycles. The van der Waals surface area contributed by atoms with Crippen LogP contribution in [0, 0.1) is 5.82 Å². The highest BCUT2D eigenvalue weighted by Gasteiger charge is 2.30. The van der Waals surface area contributed by atoms with E-state index in [0.717, 1.165) is 5.56 Å². The first kappa shape index (κ1) is 18.0. The van der Waals surface area contributed by atoms with Crippen molar-refractivity contribution in [2.45, 2.75) is 32.2 Å². The molecule has 1 aromatic heterocycles. The van der Waals surface area contributed by atoms with Crippen molar-refractivity contribution in [1.29, 1.82) is 0 Å². The fraction of sp³-hybridized carbons (Fsp3) is 0.368. The van der Waals surface area contributed by atoms with Gasteiger partial charge in [-0.1, -0.05) is 19.1 Å². The molecule has 1 unspecified atom stereocenters. The Labute approximate surface area is 151 Å². The lowest BCUT2D eigenvalue weighted by Crippen LogP contribution is -2.37. The number of aryl methyl sites for hydroxylation is 1. The van der Waals surface area contributed by atoms with Gasteiger partial charge in [-0.3, -0.25) is 9.59 Å². The molecule has 2 amide bonds. The zero-order valence-electron chi connectivity index (χ0n) is 14.6. The molecule has 0 spiro atoms. The van der Waals surface area contributed by atoms with Crippen LogP contribution >= 0.6 is 0 Å². The Hall–Kier alpha value is -2.83. The number of benzene rings is 1. The number of rotatable bonds is 6. The van der Waals surface area contributed by atoms with Gasteiger partial charge in [-0.15, -0.1) is 0 Å². The molecule has 0 aliphatic carbocycles. The van der Waals surface area contributed by atoms with Crippen molar-refractivity contribution in [2.24, 2.45) is 0 Å². The van der Waals surface area contributed by atoms with Crippen LogP contribution in [-0.4, -0.2) is 45.8 Å². The van der Waals surface area contributed by atoms with Gasteiger partial charge in [0, 0.05) is 38.3 Å². The van der Waals surface area contributed by atoms with Gasteiger partial charge in [0.05, 0.1) is 11.6 Å². The van der Waals surface area contributed by atoms with E-state index >= 15 is 0 Å². The molecule has 26 heavy (non-hydrogen) atoms. The first-order valence-corrected chi connectivity index (χ1v) is 8.69. The Bertz CT molecular complexity index is 777. The van der Waals surface area contributed by atoms with Crippen LogP contribution in [0.25, 0.3) is 0 Å². The fourth-order valence-electron chi connectivity index (χ4n) is 2.92. The van der Waals surface area contributed by atoms with Crippen LogP contribution in [0.2, 0.25) is 0 Å². The third-order valence-corrected chi connectivity index (χ3v) is 4.42. The number of aromatic nitrogens is 2. The largest absolute Gasteiger partial charge is 0.347 e. The molecular formula is C19H21FN4O2. The van der Waals surface area contributed by atoms with Gasteiger partial charge in [-0.25, -0.2) is 14.4 Å². The summed E-state index contributed by atoms with van der Waals surface area (Å²) in [5.74, 6) is 0.148. The third kappa shape index (κ3) is 4.41. The quantitative estimate of drug-likeness (QED) is 0.856. The van der Waals surface area contributed by atoms with Gasteiger partial charge in [-0.2, -0.15) is 0 Å². The van der Waals surface area contributed by atoms with Crippen molar-refractivity contribution in [3.63, 3.8) is 0 Å². The summed E-state index contributed by atoms with van der Waals surface area (Å²) in [6.45, 7) is 2.96. The van der Waals surface area contributed by atoms with Gasteiger partial charge in [-0.05, 0) is 24.1 Å². The maximum atomic E-state index is 12.9. The lowest BCUT2D eigenvalue weighted by molar-refractivity contribution is -0.127. The summed E-state index contributed by atoms with van der Waals surface area (Å²) >= 11 is 0. The van der Waals surface area contributed by atoms with Gasteiger partial charge in [0.2, 0.25) is 5.91 Å². The van der Waals surface area contributed by atoms with Crippen LogP contribution in [0.5, 0.6) is 0 Å². The van der Waals surface area contributed by atoms with E-state index in [2.05, 4.69) is 15.3 Å². The third-order valence-electron chi connectivity index (χ3n) is 4.42. The summed E-state index contributed by atoms with van der Waals surface area (Å²) in [5.41, 5.74) is 1.36. The van der Waals surface area contributed by atoms with Crippen molar-refractivity contribution < 1.29 is 14.0 Å². The standard InChI is InChI=1S/C19H21FN4O2/c1-2-17-21-10-14(11-22-17)19(26)23-16-9-18(25)24(12-16)8-7-13-3-5-15(20)6-4-13/h3-6,10-11,16H,2,7-9,12H2,1H3,(H,23,26). The Morgan fingerprint density at radius 3 is 2.62 bits per heavy atom. The molecule has 1 aliphatic heterocycles. The molecule has 1 fully saturated rings. The monoisotopic (exact) mass is 356 g/mol. The normalized spacial score (nSPS) is 16.8. The number of nitrogens with one attached hydrogen (secondary N) is 1. The van der Waals surface area contributed by atoms with Crippen molar-refractivity contribution in [3.05, 3.63) is 59.4 Å². The number of amides is 2. The van der Waals surface area contributed by atoms with Crippen LogP contribution in [0.3, 0.4) is 0 Å². The van der Waals surface area contributed by atoms with E-state index in [0.29, 0.717) is 37.3 Å². The minimum absolute atomic E-state index is 0.00925. The number of halogens is 1. The summed E-state index contributed by atoms with van der Waals surface area (Å²) < 4.78 is 12.9. The second-order valence-electron chi connectivity index (χ2n) is 6.33. The zero-order valence-corrected chi connectivity index (χ0v) is 14.6. The highest BCUT2D eigenvalue weighted by atomic mass is 19.1. The summed E-state index contributed by atoms with van der Waals surface area (Å²) in [4.78, 5) is 34.4. The summed E-state index contributed by atoms with van der Waals surface area (Å²) in [7, 11) is 0. The fourth-order valence-corrected chi connectivity index (χ4v) is 2.92. The van der Waals surface area contributed by atoms with E-state index in [9.17, 15) is 14.0 Å². The van der Waals surface area contributed by atoms with Crippen molar-refractivity contribution in [1.82, 2.24) is 20.2 Å². The molecule has 6 nitrogen and oxygen atoms in total. The average molecular weight is 356 g/mol. The second kappa shape index (κ2) is 8.03. The summed E-state index contributed by atoms with van der Waals surface area (Å²) in [5, 5.41) is 2.87. The minimum atomic E-state index is -0.273. The first-order chi connectivity index (χ1) is 12.5. The number of carbonyl (C=O) groups is 2. The molecule has 0 bridgehead atoms. The predicted octanol–water partition coefficient (Wildman–Crippen LogP) is 1.75. The van der Waals surface area contributed by atoms with E-state index in [-0.39, 0.29) is 30.1 Å². The minimum Gasteiger partial charge on any atom is -0.347 e. The maximum absolute atomic E-state index is 12.9. The van der Waals surface area contributed by atoms with E-state index in [1.807, 2.05) is 6.92 Å². The molecule has 3 rings (SSSR count).